The van der Waals surface area contributed by atoms with Gasteiger partial charge in [0.2, 0.25) is 0 Å². The second-order valence-corrected chi connectivity index (χ2v) is 15.7. The van der Waals surface area contributed by atoms with Crippen LogP contribution in [0.1, 0.15) is 176 Å². The highest BCUT2D eigenvalue weighted by atomic mass is 16.6. The van der Waals surface area contributed by atoms with E-state index < -0.39 is 73.6 Å². The van der Waals surface area contributed by atoms with Crippen LogP contribution in [0.15, 0.2) is 0 Å². The van der Waals surface area contributed by atoms with Gasteiger partial charge >= 0.3 is 35.9 Å². The molecular weight excluding hydrogens is 754 g/mol. The molecule has 0 saturated heterocycles. The van der Waals surface area contributed by atoms with Gasteiger partial charge in [-0.25, -0.2) is 4.79 Å². The number of aliphatic hydroxyl groups is 1. The number of hydrogen-bond donors (Lipinski definition) is 1. The Kier molecular flexibility index (Phi) is 33.4. The molecule has 0 aromatic heterocycles. The highest BCUT2D eigenvalue weighted by Gasteiger charge is 2.30. The van der Waals surface area contributed by atoms with E-state index in [4.69, 9.17) is 38.3 Å². The number of carbonyl (C=O) groups is 6. The summed E-state index contributed by atoms with van der Waals surface area (Å²) in [7, 11) is 0. The molecule has 0 aliphatic rings. The zero-order chi connectivity index (χ0) is 43.4. The Labute approximate surface area is 347 Å². The van der Waals surface area contributed by atoms with Crippen molar-refractivity contribution in [1.82, 2.24) is 4.90 Å². The van der Waals surface area contributed by atoms with E-state index in [1.807, 2.05) is 0 Å². The average molecular weight is 832 g/mol. The summed E-state index contributed by atoms with van der Waals surface area (Å²) in [5, 5.41) is 9.17. The SMILES string of the molecule is CCCCCCCCC(=O)OCC(COCO)OC(=O)CN(CC(=O)OC(COC(=O)CCCCCCCC)COC(=O)CCCCCCCC)C(=O)OC(C)(C)C. The third-order valence-electron chi connectivity index (χ3n) is 8.78. The fourth-order valence-electron chi connectivity index (χ4n) is 5.61. The van der Waals surface area contributed by atoms with Crippen molar-refractivity contribution in [2.75, 3.05) is 46.3 Å². The number of esters is 5. The number of rotatable bonds is 36. The summed E-state index contributed by atoms with van der Waals surface area (Å²) in [6.07, 6.45) is 14.9. The first kappa shape index (κ1) is 54.5. The van der Waals surface area contributed by atoms with Crippen LogP contribution >= 0.6 is 0 Å². The van der Waals surface area contributed by atoms with Gasteiger partial charge in [-0.15, -0.1) is 0 Å². The Bertz CT molecular complexity index is 1090. The summed E-state index contributed by atoms with van der Waals surface area (Å²) >= 11 is 0. The van der Waals surface area contributed by atoms with Crippen molar-refractivity contribution in [3.63, 3.8) is 0 Å². The molecule has 0 radical (unpaired) electrons. The first-order chi connectivity index (χ1) is 27.7. The van der Waals surface area contributed by atoms with Crippen LogP contribution in [0.2, 0.25) is 0 Å². The standard InChI is InChI=1S/C43H77NO14/c1-7-10-13-16-19-22-25-37(46)53-31-35(30-52-34-45)56-40(49)28-44(42(51)58-43(4,5)6)29-41(50)57-36(32-54-38(47)26-23-20-17-14-11-8-2)33-55-39(48)27-24-21-18-15-12-9-3/h35-36,45H,7-34H2,1-6H3. The number of nitrogens with zero attached hydrogens (tertiary/aromatic N) is 1. The molecule has 0 bridgehead atoms. The van der Waals surface area contributed by atoms with Crippen molar-refractivity contribution in [1.29, 1.82) is 0 Å². The smallest absolute Gasteiger partial charge is 0.411 e. The lowest BCUT2D eigenvalue weighted by Crippen LogP contribution is -2.45. The zero-order valence-corrected chi connectivity index (χ0v) is 36.7. The number of amides is 1. The van der Waals surface area contributed by atoms with E-state index in [0.717, 1.165) is 101 Å². The predicted molar refractivity (Wildman–Crippen MR) is 217 cm³/mol. The Morgan fingerprint density at radius 2 is 0.810 bits per heavy atom. The maximum atomic E-state index is 13.3. The summed E-state index contributed by atoms with van der Waals surface area (Å²) in [5.74, 6) is -3.43. The fourth-order valence-corrected chi connectivity index (χ4v) is 5.61. The summed E-state index contributed by atoms with van der Waals surface area (Å²) in [4.78, 5) is 77.7. The molecule has 1 atom stereocenters. The van der Waals surface area contributed by atoms with Crippen molar-refractivity contribution in [2.45, 2.75) is 194 Å². The van der Waals surface area contributed by atoms with E-state index in [1.54, 1.807) is 20.8 Å². The molecule has 1 amide bonds. The average Bonchev–Trinajstić information content (AvgIpc) is 3.16. The molecule has 58 heavy (non-hydrogen) atoms. The molecule has 0 aliphatic carbocycles. The normalized spacial score (nSPS) is 11.8. The third kappa shape index (κ3) is 33.5. The monoisotopic (exact) mass is 832 g/mol. The molecule has 15 heteroatoms. The number of aliphatic hydroxyl groups excluding tert-OH is 1. The van der Waals surface area contributed by atoms with E-state index in [1.165, 1.54) is 0 Å². The molecule has 1 N–H and O–H groups in total. The van der Waals surface area contributed by atoms with Crippen molar-refractivity contribution >= 4 is 35.9 Å². The van der Waals surface area contributed by atoms with Crippen molar-refractivity contribution < 1.29 is 67.0 Å². The van der Waals surface area contributed by atoms with Gasteiger partial charge < -0.3 is 38.3 Å². The number of hydrogen-bond acceptors (Lipinski definition) is 14. The van der Waals surface area contributed by atoms with Gasteiger partial charge in [0.1, 0.15) is 45.3 Å². The van der Waals surface area contributed by atoms with Crippen LogP contribution in [0.5, 0.6) is 0 Å². The molecule has 0 heterocycles. The van der Waals surface area contributed by atoms with Crippen LogP contribution in [0.4, 0.5) is 4.79 Å². The van der Waals surface area contributed by atoms with Gasteiger partial charge in [0.05, 0.1) is 6.61 Å². The van der Waals surface area contributed by atoms with Crippen LogP contribution < -0.4 is 0 Å². The van der Waals surface area contributed by atoms with Crippen molar-refractivity contribution in [3.8, 4) is 0 Å². The van der Waals surface area contributed by atoms with Crippen LogP contribution in [-0.4, -0.2) is 110 Å². The molecule has 0 spiro atoms. The van der Waals surface area contributed by atoms with Gasteiger partial charge in [-0.2, -0.15) is 0 Å². The summed E-state index contributed by atoms with van der Waals surface area (Å²) in [5.41, 5.74) is -0.998. The Morgan fingerprint density at radius 1 is 0.483 bits per heavy atom. The first-order valence-corrected chi connectivity index (χ1v) is 21.8. The lowest BCUT2D eigenvalue weighted by atomic mass is 10.1. The fraction of sp³-hybridized carbons (Fsp3) is 0.860. The quantitative estimate of drug-likeness (QED) is 0.0277. The van der Waals surface area contributed by atoms with Crippen LogP contribution in [-0.2, 0) is 57.1 Å². The van der Waals surface area contributed by atoms with Gasteiger partial charge in [0.25, 0.3) is 0 Å². The van der Waals surface area contributed by atoms with E-state index in [2.05, 4.69) is 20.8 Å². The van der Waals surface area contributed by atoms with E-state index in [9.17, 15) is 28.8 Å². The molecule has 0 aromatic carbocycles. The van der Waals surface area contributed by atoms with Crippen LogP contribution in [0.25, 0.3) is 0 Å². The maximum Gasteiger partial charge on any atom is 0.411 e. The molecule has 15 nitrogen and oxygen atoms in total. The molecule has 0 rings (SSSR count). The van der Waals surface area contributed by atoms with Crippen LogP contribution in [0, 0.1) is 0 Å². The molecule has 0 aliphatic heterocycles. The molecule has 1 unspecified atom stereocenters. The van der Waals surface area contributed by atoms with Gasteiger partial charge in [-0.05, 0) is 40.0 Å². The van der Waals surface area contributed by atoms with Crippen molar-refractivity contribution in [2.24, 2.45) is 0 Å². The van der Waals surface area contributed by atoms with E-state index >= 15 is 0 Å². The summed E-state index contributed by atoms with van der Waals surface area (Å²) < 4.78 is 37.4. The Hall–Kier alpha value is -3.46. The molecule has 338 valence electrons. The summed E-state index contributed by atoms with van der Waals surface area (Å²) in [6.45, 7) is 7.55. The topological polar surface area (TPSA) is 190 Å². The number of carbonyl (C=O) groups excluding carboxylic acids is 6. The second-order valence-electron chi connectivity index (χ2n) is 15.7. The number of unbranched alkanes of at least 4 members (excludes halogenated alkanes) is 15. The van der Waals surface area contributed by atoms with Gasteiger partial charge in [0.15, 0.2) is 12.2 Å². The van der Waals surface area contributed by atoms with E-state index in [0.29, 0.717) is 19.3 Å². The first-order valence-electron chi connectivity index (χ1n) is 21.8. The minimum atomic E-state index is -1.19. The lowest BCUT2D eigenvalue weighted by molar-refractivity contribution is -0.169. The van der Waals surface area contributed by atoms with Crippen LogP contribution in [0.3, 0.4) is 0 Å². The number of ether oxygens (including phenoxy) is 7. The van der Waals surface area contributed by atoms with Gasteiger partial charge in [0, 0.05) is 19.3 Å². The second kappa shape index (κ2) is 35.5. The lowest BCUT2D eigenvalue weighted by Gasteiger charge is -2.27. The predicted octanol–water partition coefficient (Wildman–Crippen LogP) is 7.89. The Morgan fingerprint density at radius 3 is 1.14 bits per heavy atom. The minimum absolute atomic E-state index is 0.182. The molecule has 0 saturated carbocycles. The van der Waals surface area contributed by atoms with Crippen molar-refractivity contribution in [3.05, 3.63) is 0 Å². The highest BCUT2D eigenvalue weighted by molar-refractivity contribution is 5.83. The zero-order valence-electron chi connectivity index (χ0n) is 36.7. The van der Waals surface area contributed by atoms with Gasteiger partial charge in [-0.3, -0.25) is 28.9 Å². The van der Waals surface area contributed by atoms with E-state index in [-0.39, 0.29) is 45.7 Å². The Balaban J connectivity index is 5.58. The minimum Gasteiger partial charge on any atom is -0.462 e. The largest absolute Gasteiger partial charge is 0.462 e. The maximum absolute atomic E-state index is 13.3. The molecular formula is C43H77NO14. The molecule has 0 fully saturated rings. The highest BCUT2D eigenvalue weighted by Crippen LogP contribution is 2.14. The molecule has 0 aromatic rings. The third-order valence-corrected chi connectivity index (χ3v) is 8.78. The summed E-state index contributed by atoms with van der Waals surface area (Å²) in [6, 6.07) is 0. The van der Waals surface area contributed by atoms with Gasteiger partial charge in [-0.1, -0.05) is 117 Å².